The summed E-state index contributed by atoms with van der Waals surface area (Å²) in [6.07, 6.45) is 0. The molecule has 0 aliphatic rings. The first-order chi connectivity index (χ1) is 11.1. The molecule has 120 valence electrons. The predicted molar refractivity (Wildman–Crippen MR) is 85.3 cm³/mol. The van der Waals surface area contributed by atoms with Crippen LogP contribution in [0.2, 0.25) is 0 Å². The number of carbonyl (C=O) groups excluding carboxylic acids is 2. The molecule has 23 heavy (non-hydrogen) atoms. The highest BCUT2D eigenvalue weighted by Crippen LogP contribution is 2.26. The van der Waals surface area contributed by atoms with Crippen LogP contribution in [0, 0.1) is 0 Å². The largest absolute Gasteiger partial charge is 0.497 e. The topological polar surface area (TPSA) is 73.9 Å². The second-order valence-electron chi connectivity index (χ2n) is 4.62. The van der Waals surface area contributed by atoms with Crippen LogP contribution >= 0.6 is 0 Å². The van der Waals surface area contributed by atoms with Crippen molar-refractivity contribution in [3.8, 4) is 11.5 Å². The van der Waals surface area contributed by atoms with E-state index in [0.29, 0.717) is 28.3 Å². The lowest BCUT2D eigenvalue weighted by Gasteiger charge is -2.10. The third-order valence-corrected chi connectivity index (χ3v) is 3.18. The Balaban J connectivity index is 2.17. The zero-order valence-corrected chi connectivity index (χ0v) is 13.1. The summed E-state index contributed by atoms with van der Waals surface area (Å²) in [5, 5.41) is 2.76. The normalized spacial score (nSPS) is 9.87. The molecule has 2 rings (SSSR count). The van der Waals surface area contributed by atoms with Crippen LogP contribution in [0.15, 0.2) is 42.5 Å². The summed E-state index contributed by atoms with van der Waals surface area (Å²) in [5.74, 6) is 0.382. The number of anilines is 1. The molecule has 0 saturated carbocycles. The molecule has 6 heteroatoms. The molecule has 0 fully saturated rings. The Morgan fingerprint density at radius 1 is 0.826 bits per heavy atom. The zero-order chi connectivity index (χ0) is 16.8. The van der Waals surface area contributed by atoms with Gasteiger partial charge in [-0.15, -0.1) is 0 Å². The van der Waals surface area contributed by atoms with Gasteiger partial charge in [0.15, 0.2) is 0 Å². The summed E-state index contributed by atoms with van der Waals surface area (Å²) in [5.41, 5.74) is 1.34. The predicted octanol–water partition coefficient (Wildman–Crippen LogP) is 2.74. The highest BCUT2D eigenvalue weighted by Gasteiger charge is 2.10. The van der Waals surface area contributed by atoms with Crippen molar-refractivity contribution >= 4 is 17.6 Å². The van der Waals surface area contributed by atoms with E-state index in [1.165, 1.54) is 33.5 Å². The van der Waals surface area contributed by atoms with Crippen molar-refractivity contribution in [2.45, 2.75) is 0 Å². The summed E-state index contributed by atoms with van der Waals surface area (Å²) in [7, 11) is 4.37. The van der Waals surface area contributed by atoms with Crippen LogP contribution in [0.1, 0.15) is 20.7 Å². The van der Waals surface area contributed by atoms with E-state index in [2.05, 4.69) is 10.1 Å². The van der Waals surface area contributed by atoms with Crippen LogP contribution in [0.4, 0.5) is 5.69 Å². The highest BCUT2D eigenvalue weighted by atomic mass is 16.5. The molecular weight excluding hydrogens is 298 g/mol. The van der Waals surface area contributed by atoms with E-state index in [-0.39, 0.29) is 5.91 Å². The highest BCUT2D eigenvalue weighted by molar-refractivity contribution is 6.05. The Morgan fingerprint density at radius 3 is 1.83 bits per heavy atom. The standard InChI is InChI=1S/C17H17NO5/c1-21-14-8-13(9-15(10-14)22-2)18-16(19)11-4-6-12(7-5-11)17(20)23-3/h4-10H,1-3H3,(H,18,19). The Bertz CT molecular complexity index is 687. The third kappa shape index (κ3) is 4.00. The first-order valence-corrected chi connectivity index (χ1v) is 6.80. The Hall–Kier alpha value is -3.02. The van der Waals surface area contributed by atoms with E-state index in [1.807, 2.05) is 0 Å². The first kappa shape index (κ1) is 16.4. The zero-order valence-electron chi connectivity index (χ0n) is 13.1. The van der Waals surface area contributed by atoms with Gasteiger partial charge in [0, 0.05) is 29.4 Å². The average molecular weight is 315 g/mol. The van der Waals surface area contributed by atoms with Crippen LogP contribution in [-0.2, 0) is 4.74 Å². The van der Waals surface area contributed by atoms with Crippen molar-refractivity contribution in [2.24, 2.45) is 0 Å². The van der Waals surface area contributed by atoms with Crippen molar-refractivity contribution in [3.63, 3.8) is 0 Å². The summed E-state index contributed by atoms with van der Waals surface area (Å²) >= 11 is 0. The van der Waals surface area contributed by atoms with Crippen LogP contribution < -0.4 is 14.8 Å². The molecule has 0 radical (unpaired) electrons. The summed E-state index contributed by atoms with van der Waals surface area (Å²) in [6.45, 7) is 0. The van der Waals surface area contributed by atoms with Crippen LogP contribution in [0.25, 0.3) is 0 Å². The fraction of sp³-hybridized carbons (Fsp3) is 0.176. The molecule has 1 N–H and O–H groups in total. The molecule has 2 aromatic rings. The minimum Gasteiger partial charge on any atom is -0.497 e. The van der Waals surface area contributed by atoms with E-state index in [1.54, 1.807) is 30.3 Å². The molecule has 2 aromatic carbocycles. The second kappa shape index (κ2) is 7.31. The van der Waals surface area contributed by atoms with Gasteiger partial charge >= 0.3 is 5.97 Å². The lowest BCUT2D eigenvalue weighted by Crippen LogP contribution is -2.12. The van der Waals surface area contributed by atoms with Gasteiger partial charge in [0.2, 0.25) is 0 Å². The SMILES string of the molecule is COC(=O)c1ccc(C(=O)Nc2cc(OC)cc(OC)c2)cc1. The second-order valence-corrected chi connectivity index (χ2v) is 4.62. The summed E-state index contributed by atoms with van der Waals surface area (Å²) in [4.78, 5) is 23.6. The van der Waals surface area contributed by atoms with Crippen molar-refractivity contribution in [1.29, 1.82) is 0 Å². The maximum Gasteiger partial charge on any atom is 0.337 e. The number of hydrogen-bond donors (Lipinski definition) is 1. The molecule has 0 spiro atoms. The number of rotatable bonds is 5. The van der Waals surface area contributed by atoms with Crippen LogP contribution in [0.3, 0.4) is 0 Å². The fourth-order valence-electron chi connectivity index (χ4n) is 1.96. The van der Waals surface area contributed by atoms with Crippen molar-refractivity contribution in [2.75, 3.05) is 26.6 Å². The summed E-state index contributed by atoms with van der Waals surface area (Å²) in [6, 6.07) is 11.3. The Morgan fingerprint density at radius 2 is 1.35 bits per heavy atom. The molecule has 0 unspecified atom stereocenters. The van der Waals surface area contributed by atoms with Gasteiger partial charge in [0.25, 0.3) is 5.91 Å². The van der Waals surface area contributed by atoms with Gasteiger partial charge in [-0.2, -0.15) is 0 Å². The smallest absolute Gasteiger partial charge is 0.337 e. The number of benzene rings is 2. The minimum absolute atomic E-state index is 0.309. The van der Waals surface area contributed by atoms with Crippen LogP contribution in [0.5, 0.6) is 11.5 Å². The fourth-order valence-corrected chi connectivity index (χ4v) is 1.96. The van der Waals surface area contributed by atoms with Gasteiger partial charge in [0.05, 0.1) is 26.9 Å². The lowest BCUT2D eigenvalue weighted by molar-refractivity contribution is 0.0600. The van der Waals surface area contributed by atoms with E-state index in [9.17, 15) is 9.59 Å². The van der Waals surface area contributed by atoms with Gasteiger partial charge in [-0.05, 0) is 24.3 Å². The number of carbonyl (C=O) groups is 2. The maximum absolute atomic E-state index is 12.3. The van der Waals surface area contributed by atoms with Gasteiger partial charge in [0.1, 0.15) is 11.5 Å². The van der Waals surface area contributed by atoms with Gasteiger partial charge in [-0.1, -0.05) is 0 Å². The molecule has 1 amide bonds. The van der Waals surface area contributed by atoms with Crippen molar-refractivity contribution < 1.29 is 23.8 Å². The van der Waals surface area contributed by atoms with Crippen molar-refractivity contribution in [3.05, 3.63) is 53.6 Å². The monoisotopic (exact) mass is 315 g/mol. The number of nitrogens with one attached hydrogen (secondary N) is 1. The molecule has 0 bridgehead atoms. The summed E-state index contributed by atoms with van der Waals surface area (Å²) < 4.78 is 14.9. The number of esters is 1. The number of hydrogen-bond acceptors (Lipinski definition) is 5. The quantitative estimate of drug-likeness (QED) is 0.859. The Kier molecular flexibility index (Phi) is 5.19. The van der Waals surface area contributed by atoms with E-state index < -0.39 is 5.97 Å². The molecule has 0 atom stereocenters. The molecule has 0 heterocycles. The van der Waals surface area contributed by atoms with Gasteiger partial charge in [-0.25, -0.2) is 4.79 Å². The average Bonchev–Trinajstić information content (AvgIpc) is 2.60. The van der Waals surface area contributed by atoms with E-state index in [4.69, 9.17) is 9.47 Å². The Labute approximate surface area is 134 Å². The number of ether oxygens (including phenoxy) is 3. The third-order valence-electron chi connectivity index (χ3n) is 3.18. The van der Waals surface area contributed by atoms with E-state index in [0.717, 1.165) is 0 Å². The molecular formula is C17H17NO5. The molecule has 0 saturated heterocycles. The van der Waals surface area contributed by atoms with E-state index >= 15 is 0 Å². The van der Waals surface area contributed by atoms with Gasteiger partial charge < -0.3 is 19.5 Å². The number of methoxy groups -OCH3 is 3. The molecule has 0 aliphatic heterocycles. The van der Waals surface area contributed by atoms with Gasteiger partial charge in [-0.3, -0.25) is 4.79 Å². The minimum atomic E-state index is -0.450. The first-order valence-electron chi connectivity index (χ1n) is 6.80. The van der Waals surface area contributed by atoms with Crippen LogP contribution in [-0.4, -0.2) is 33.2 Å². The molecule has 0 aliphatic carbocycles. The van der Waals surface area contributed by atoms with Crippen molar-refractivity contribution in [1.82, 2.24) is 0 Å². The molecule has 6 nitrogen and oxygen atoms in total. The molecule has 0 aromatic heterocycles. The maximum atomic E-state index is 12.3. The number of amides is 1. The lowest BCUT2D eigenvalue weighted by atomic mass is 10.1.